The van der Waals surface area contributed by atoms with Crippen molar-refractivity contribution in [3.8, 4) is 11.5 Å². The highest BCUT2D eigenvalue weighted by molar-refractivity contribution is 7.95. The predicted molar refractivity (Wildman–Crippen MR) is 142 cm³/mol. The highest BCUT2D eigenvalue weighted by Crippen LogP contribution is 2.58. The Bertz CT molecular complexity index is 1250. The van der Waals surface area contributed by atoms with Crippen molar-refractivity contribution in [2.45, 2.75) is 6.16 Å². The van der Waals surface area contributed by atoms with Crippen LogP contribution in [0.25, 0.3) is 0 Å². The molecule has 0 aromatic heterocycles. The van der Waals surface area contributed by atoms with E-state index in [2.05, 4.69) is 91.0 Å². The molecule has 35 heavy (non-hydrogen) atoms. The van der Waals surface area contributed by atoms with Crippen LogP contribution in [-0.4, -0.2) is 0 Å². The van der Waals surface area contributed by atoms with Crippen molar-refractivity contribution in [2.24, 2.45) is 0 Å². The van der Waals surface area contributed by atoms with Crippen LogP contribution >= 0.6 is 7.26 Å². The SMILES string of the molecule is Fc1ccc(C[P+](c2ccccc2)(c2ccccc2)c2ccccc2)cc1Oc1ccccc1.[Br-]. The standard InChI is InChI=1S/C31H25FOP.BrH/c32-30-22-21-25(23-31(30)33-26-13-5-1-6-14-26)24-34(27-15-7-2-8-16-27,28-17-9-3-10-18-28)29-19-11-4-12-20-29;/h1-23H,24H2;1H/q+1;/p-1. The minimum atomic E-state index is -2.07. The quantitative estimate of drug-likeness (QED) is 0.281. The average molecular weight is 543 g/mol. The summed E-state index contributed by atoms with van der Waals surface area (Å²) < 4.78 is 20.7. The van der Waals surface area contributed by atoms with E-state index < -0.39 is 7.26 Å². The van der Waals surface area contributed by atoms with Gasteiger partial charge in [-0.3, -0.25) is 0 Å². The lowest BCUT2D eigenvalue weighted by atomic mass is 10.2. The monoisotopic (exact) mass is 542 g/mol. The van der Waals surface area contributed by atoms with E-state index in [0.717, 1.165) is 11.7 Å². The first-order valence-corrected chi connectivity index (χ1v) is 13.3. The second kappa shape index (κ2) is 11.4. The number of benzene rings is 5. The molecule has 0 spiro atoms. The fraction of sp³-hybridized carbons (Fsp3) is 0.0323. The maximum absolute atomic E-state index is 14.7. The van der Waals surface area contributed by atoms with E-state index in [0.29, 0.717) is 5.75 Å². The Kier molecular flexibility index (Phi) is 8.13. The van der Waals surface area contributed by atoms with Gasteiger partial charge in [0.05, 0.1) is 6.16 Å². The Balaban J connectivity index is 0.00000289. The molecule has 0 aliphatic rings. The van der Waals surface area contributed by atoms with Crippen LogP contribution in [0.15, 0.2) is 140 Å². The van der Waals surface area contributed by atoms with E-state index in [1.54, 1.807) is 0 Å². The molecule has 0 amide bonds. The third-order valence-corrected chi connectivity index (χ3v) is 10.4. The molecule has 5 aromatic rings. The van der Waals surface area contributed by atoms with Gasteiger partial charge >= 0.3 is 0 Å². The molecule has 0 unspecified atom stereocenters. The molecule has 0 heterocycles. The number of ether oxygens (including phenoxy) is 1. The van der Waals surface area contributed by atoms with Crippen LogP contribution in [0.3, 0.4) is 0 Å². The summed E-state index contributed by atoms with van der Waals surface area (Å²) in [6, 6.07) is 46.7. The zero-order valence-corrected chi connectivity index (χ0v) is 21.6. The van der Waals surface area contributed by atoms with E-state index >= 15 is 0 Å². The molecule has 5 rings (SSSR count). The van der Waals surface area contributed by atoms with Crippen LogP contribution in [0.4, 0.5) is 4.39 Å². The highest BCUT2D eigenvalue weighted by atomic mass is 79.9. The Labute approximate surface area is 217 Å². The summed E-state index contributed by atoms with van der Waals surface area (Å²) in [5.41, 5.74) is 1.04. The van der Waals surface area contributed by atoms with Crippen molar-refractivity contribution in [2.75, 3.05) is 0 Å². The second-order valence-electron chi connectivity index (χ2n) is 8.15. The van der Waals surface area contributed by atoms with E-state index in [-0.39, 0.29) is 28.5 Å². The van der Waals surface area contributed by atoms with Crippen molar-refractivity contribution in [1.29, 1.82) is 0 Å². The van der Waals surface area contributed by atoms with Gasteiger partial charge in [0.1, 0.15) is 28.9 Å². The van der Waals surface area contributed by atoms with E-state index in [1.165, 1.54) is 22.0 Å². The molecule has 0 radical (unpaired) electrons. The van der Waals surface area contributed by atoms with Crippen molar-refractivity contribution >= 4 is 23.2 Å². The van der Waals surface area contributed by atoms with Gasteiger partial charge in [-0.25, -0.2) is 4.39 Å². The Morgan fingerprint density at radius 1 is 0.543 bits per heavy atom. The summed E-state index contributed by atoms with van der Waals surface area (Å²) in [5.74, 6) is 0.500. The molecule has 4 heteroatoms. The zero-order valence-electron chi connectivity index (χ0n) is 19.1. The summed E-state index contributed by atoms with van der Waals surface area (Å²) >= 11 is 0. The molecule has 0 N–H and O–H groups in total. The molecule has 0 saturated heterocycles. The normalized spacial score (nSPS) is 10.9. The topological polar surface area (TPSA) is 9.23 Å². The minimum absolute atomic E-state index is 0. The Morgan fingerprint density at radius 3 is 1.43 bits per heavy atom. The first-order valence-electron chi connectivity index (χ1n) is 11.3. The van der Waals surface area contributed by atoms with Crippen molar-refractivity contribution in [1.82, 2.24) is 0 Å². The van der Waals surface area contributed by atoms with Gasteiger partial charge in [0, 0.05) is 0 Å². The number of rotatable bonds is 7. The lowest BCUT2D eigenvalue weighted by Gasteiger charge is -2.28. The summed E-state index contributed by atoms with van der Waals surface area (Å²) in [6.07, 6.45) is 0.760. The fourth-order valence-corrected chi connectivity index (χ4v) is 8.61. The maximum Gasteiger partial charge on any atom is 0.165 e. The van der Waals surface area contributed by atoms with Gasteiger partial charge < -0.3 is 21.7 Å². The lowest BCUT2D eigenvalue weighted by Crippen LogP contribution is -3.00. The maximum atomic E-state index is 14.7. The molecule has 0 fully saturated rings. The summed E-state index contributed by atoms with van der Waals surface area (Å²) in [4.78, 5) is 0. The van der Waals surface area contributed by atoms with Crippen LogP contribution in [-0.2, 0) is 6.16 Å². The van der Waals surface area contributed by atoms with Gasteiger partial charge in [-0.1, -0.05) is 78.9 Å². The van der Waals surface area contributed by atoms with Gasteiger partial charge in [0.25, 0.3) is 0 Å². The highest BCUT2D eigenvalue weighted by Gasteiger charge is 2.45. The molecule has 0 saturated carbocycles. The molecule has 5 aromatic carbocycles. The lowest BCUT2D eigenvalue weighted by molar-refractivity contribution is -0.00000756. The largest absolute Gasteiger partial charge is 1.00 e. The van der Waals surface area contributed by atoms with Gasteiger partial charge in [-0.05, 0) is 66.2 Å². The van der Waals surface area contributed by atoms with E-state index in [9.17, 15) is 4.39 Å². The van der Waals surface area contributed by atoms with Crippen LogP contribution in [0, 0.1) is 5.82 Å². The first-order chi connectivity index (χ1) is 16.8. The molecule has 1 nitrogen and oxygen atoms in total. The van der Waals surface area contributed by atoms with Crippen LogP contribution in [0.1, 0.15) is 5.56 Å². The molecule has 0 aliphatic heterocycles. The zero-order chi connectivity index (χ0) is 23.2. The van der Waals surface area contributed by atoms with Crippen LogP contribution < -0.4 is 37.6 Å². The number of para-hydroxylation sites is 1. The summed E-state index contributed by atoms with van der Waals surface area (Å²) in [5, 5.41) is 3.88. The Hall–Kier alpha value is -3.26. The third kappa shape index (κ3) is 5.37. The van der Waals surface area contributed by atoms with Crippen molar-refractivity contribution < 1.29 is 26.1 Å². The van der Waals surface area contributed by atoms with Gasteiger partial charge in [-0.15, -0.1) is 0 Å². The van der Waals surface area contributed by atoms with E-state index in [1.807, 2.05) is 42.5 Å². The number of hydrogen-bond acceptors (Lipinski definition) is 1. The minimum Gasteiger partial charge on any atom is -1.00 e. The average Bonchev–Trinajstić information content (AvgIpc) is 2.91. The molecular weight excluding hydrogens is 518 g/mol. The first kappa shape index (κ1) is 24.9. The summed E-state index contributed by atoms with van der Waals surface area (Å²) in [7, 11) is -2.07. The molecular formula is C31H25BrFOP. The molecule has 174 valence electrons. The van der Waals surface area contributed by atoms with Crippen LogP contribution in [0.5, 0.6) is 11.5 Å². The van der Waals surface area contributed by atoms with Gasteiger partial charge in [-0.2, -0.15) is 0 Å². The smallest absolute Gasteiger partial charge is 0.165 e. The predicted octanol–water partition coefficient (Wildman–Crippen LogP) is 4.12. The van der Waals surface area contributed by atoms with Crippen molar-refractivity contribution in [3.05, 3.63) is 151 Å². The molecule has 0 bridgehead atoms. The van der Waals surface area contributed by atoms with E-state index in [4.69, 9.17) is 4.74 Å². The number of hydrogen-bond donors (Lipinski definition) is 0. The van der Waals surface area contributed by atoms with Crippen LogP contribution in [0.2, 0.25) is 0 Å². The molecule has 0 atom stereocenters. The Morgan fingerprint density at radius 2 is 0.971 bits per heavy atom. The third-order valence-electron chi connectivity index (χ3n) is 5.98. The summed E-state index contributed by atoms with van der Waals surface area (Å²) in [6.45, 7) is 0. The van der Waals surface area contributed by atoms with Gasteiger partial charge in [0.2, 0.25) is 0 Å². The fourth-order valence-electron chi connectivity index (χ4n) is 4.38. The van der Waals surface area contributed by atoms with Gasteiger partial charge in [0.15, 0.2) is 11.6 Å². The van der Waals surface area contributed by atoms with Crippen molar-refractivity contribution in [3.63, 3.8) is 0 Å². The number of halogens is 2. The second-order valence-corrected chi connectivity index (χ2v) is 11.6. The molecule has 0 aliphatic carbocycles.